The molecule has 1 N–H and O–H groups in total. The fourth-order valence-corrected chi connectivity index (χ4v) is 4.22. The van der Waals surface area contributed by atoms with E-state index in [2.05, 4.69) is 10.2 Å². The molecule has 2 saturated heterocycles. The number of nitrogens with one attached hydrogen (secondary N) is 1. The average molecular weight is 422 g/mol. The summed E-state index contributed by atoms with van der Waals surface area (Å²) in [4.78, 5) is 16.9. The van der Waals surface area contributed by atoms with Gasteiger partial charge in [-0.3, -0.25) is 9.69 Å². The van der Waals surface area contributed by atoms with E-state index in [-0.39, 0.29) is 42.0 Å². The molecule has 1 unspecified atom stereocenters. The van der Waals surface area contributed by atoms with Gasteiger partial charge in [0, 0.05) is 26.2 Å². The Kier molecular flexibility index (Phi) is 7.22. The quantitative estimate of drug-likeness (QED) is 0.822. The van der Waals surface area contributed by atoms with Crippen LogP contribution in [0.3, 0.4) is 0 Å². The second kappa shape index (κ2) is 9.65. The van der Waals surface area contributed by atoms with Crippen LogP contribution in [-0.4, -0.2) is 54.5 Å². The molecule has 0 spiro atoms. The summed E-state index contributed by atoms with van der Waals surface area (Å²) in [5.74, 6) is -0.362. The number of rotatable bonds is 4. The smallest absolute Gasteiger partial charge is 0.239 e. The van der Waals surface area contributed by atoms with Gasteiger partial charge < -0.3 is 10.2 Å². The molecule has 2 fully saturated rings. The standard InChI is InChI=1S/C22H25F2N3O.ClH/c23-18-7-3-16(4-8-18)21(17-5-9-19(24)10-6-17)26-12-14-27(15-13-26)22(28)20-2-1-11-25-20;/h3-10,20-21,25H,1-2,11-15H2;1H. The Morgan fingerprint density at radius 2 is 1.41 bits per heavy atom. The van der Waals surface area contributed by atoms with Crippen LogP contribution in [0.25, 0.3) is 0 Å². The van der Waals surface area contributed by atoms with Gasteiger partial charge in [-0.2, -0.15) is 0 Å². The summed E-state index contributed by atoms with van der Waals surface area (Å²) < 4.78 is 26.8. The fraction of sp³-hybridized carbons (Fsp3) is 0.409. The molecule has 0 aliphatic carbocycles. The maximum absolute atomic E-state index is 13.4. The lowest BCUT2D eigenvalue weighted by atomic mass is 9.96. The van der Waals surface area contributed by atoms with Gasteiger partial charge in [0.25, 0.3) is 0 Å². The Balaban J connectivity index is 0.00000240. The highest BCUT2D eigenvalue weighted by Gasteiger charge is 2.32. The number of nitrogens with zero attached hydrogens (tertiary/aromatic N) is 2. The number of hydrogen-bond donors (Lipinski definition) is 1. The topological polar surface area (TPSA) is 35.6 Å². The minimum atomic E-state index is -0.277. The van der Waals surface area contributed by atoms with Gasteiger partial charge in [0.1, 0.15) is 11.6 Å². The van der Waals surface area contributed by atoms with Crippen molar-refractivity contribution in [3.63, 3.8) is 0 Å². The van der Waals surface area contributed by atoms with Crippen molar-refractivity contribution in [1.82, 2.24) is 15.1 Å². The van der Waals surface area contributed by atoms with Crippen molar-refractivity contribution in [2.45, 2.75) is 24.9 Å². The van der Waals surface area contributed by atoms with Gasteiger partial charge in [0.15, 0.2) is 0 Å². The van der Waals surface area contributed by atoms with Gasteiger partial charge in [-0.25, -0.2) is 8.78 Å². The number of amides is 1. The van der Waals surface area contributed by atoms with Crippen molar-refractivity contribution in [1.29, 1.82) is 0 Å². The number of carbonyl (C=O) groups excluding carboxylic acids is 1. The molecule has 4 nitrogen and oxygen atoms in total. The molecule has 7 heteroatoms. The van der Waals surface area contributed by atoms with Gasteiger partial charge in [-0.15, -0.1) is 12.4 Å². The molecule has 2 heterocycles. The van der Waals surface area contributed by atoms with E-state index in [0.29, 0.717) is 13.1 Å². The average Bonchev–Trinajstić information content (AvgIpc) is 3.26. The van der Waals surface area contributed by atoms with Crippen LogP contribution in [-0.2, 0) is 4.79 Å². The molecule has 0 radical (unpaired) electrons. The first-order valence-electron chi connectivity index (χ1n) is 9.89. The first-order valence-corrected chi connectivity index (χ1v) is 9.89. The number of piperazine rings is 1. The minimum Gasteiger partial charge on any atom is -0.339 e. The van der Waals surface area contributed by atoms with Crippen LogP contribution >= 0.6 is 12.4 Å². The normalized spacial score (nSPS) is 20.0. The van der Waals surface area contributed by atoms with Crippen molar-refractivity contribution in [3.8, 4) is 0 Å². The first-order chi connectivity index (χ1) is 13.6. The maximum Gasteiger partial charge on any atom is 0.239 e. The number of carbonyl (C=O) groups is 1. The summed E-state index contributed by atoms with van der Waals surface area (Å²) in [6, 6.07) is 12.8. The Bertz CT molecular complexity index is 756. The molecule has 2 aromatic carbocycles. The highest BCUT2D eigenvalue weighted by molar-refractivity contribution is 5.85. The largest absolute Gasteiger partial charge is 0.339 e. The summed E-state index contributed by atoms with van der Waals surface area (Å²) in [6.45, 7) is 3.68. The Hall–Kier alpha value is -2.02. The first kappa shape index (κ1) is 21.7. The van der Waals surface area contributed by atoms with Crippen LogP contribution in [0.2, 0.25) is 0 Å². The lowest BCUT2D eigenvalue weighted by Gasteiger charge is -2.40. The van der Waals surface area contributed by atoms with E-state index in [1.807, 2.05) is 4.90 Å². The van der Waals surface area contributed by atoms with Gasteiger partial charge in [0.2, 0.25) is 5.91 Å². The van der Waals surface area contributed by atoms with E-state index in [1.165, 1.54) is 24.3 Å². The summed E-state index contributed by atoms with van der Waals surface area (Å²) in [5, 5.41) is 3.27. The van der Waals surface area contributed by atoms with E-state index in [4.69, 9.17) is 0 Å². The summed E-state index contributed by atoms with van der Waals surface area (Å²) >= 11 is 0. The fourth-order valence-electron chi connectivity index (χ4n) is 4.22. The predicted molar refractivity (Wildman–Crippen MR) is 111 cm³/mol. The zero-order chi connectivity index (χ0) is 19.5. The lowest BCUT2D eigenvalue weighted by molar-refractivity contribution is -0.135. The van der Waals surface area contributed by atoms with Crippen LogP contribution in [0.1, 0.15) is 30.0 Å². The molecule has 1 amide bonds. The zero-order valence-corrected chi connectivity index (χ0v) is 17.0. The maximum atomic E-state index is 13.4. The zero-order valence-electron chi connectivity index (χ0n) is 16.2. The van der Waals surface area contributed by atoms with E-state index in [9.17, 15) is 13.6 Å². The van der Waals surface area contributed by atoms with E-state index < -0.39 is 0 Å². The van der Waals surface area contributed by atoms with E-state index in [0.717, 1.165) is 43.6 Å². The molecule has 2 aromatic rings. The predicted octanol–water partition coefficient (Wildman–Crippen LogP) is 3.37. The SMILES string of the molecule is Cl.O=C(C1CCCN1)N1CCN(C(c2ccc(F)cc2)c2ccc(F)cc2)CC1. The third-order valence-corrected chi connectivity index (χ3v) is 5.72. The highest BCUT2D eigenvalue weighted by atomic mass is 35.5. The van der Waals surface area contributed by atoms with Gasteiger partial charge >= 0.3 is 0 Å². The molecular weight excluding hydrogens is 396 g/mol. The van der Waals surface area contributed by atoms with Crippen molar-refractivity contribution >= 4 is 18.3 Å². The molecule has 2 aliphatic rings. The Labute approximate surface area is 176 Å². The molecule has 0 saturated carbocycles. The van der Waals surface area contributed by atoms with E-state index in [1.54, 1.807) is 24.3 Å². The van der Waals surface area contributed by atoms with Crippen molar-refractivity contribution in [2.24, 2.45) is 0 Å². The third-order valence-electron chi connectivity index (χ3n) is 5.72. The molecule has 0 bridgehead atoms. The molecule has 1 atom stereocenters. The van der Waals surface area contributed by atoms with Crippen LogP contribution in [0.5, 0.6) is 0 Å². The number of halogens is 3. The Morgan fingerprint density at radius 1 is 0.897 bits per heavy atom. The molecular formula is C22H26ClF2N3O. The molecule has 0 aromatic heterocycles. The van der Waals surface area contributed by atoms with E-state index >= 15 is 0 Å². The van der Waals surface area contributed by atoms with Gasteiger partial charge in [0.05, 0.1) is 12.1 Å². The molecule has 2 aliphatic heterocycles. The van der Waals surface area contributed by atoms with Crippen LogP contribution in [0, 0.1) is 11.6 Å². The van der Waals surface area contributed by atoms with Gasteiger partial charge in [-0.05, 0) is 54.8 Å². The van der Waals surface area contributed by atoms with Crippen LogP contribution < -0.4 is 5.32 Å². The van der Waals surface area contributed by atoms with Crippen molar-refractivity contribution in [2.75, 3.05) is 32.7 Å². The lowest BCUT2D eigenvalue weighted by Crippen LogP contribution is -2.53. The molecule has 4 rings (SSSR count). The van der Waals surface area contributed by atoms with Gasteiger partial charge in [-0.1, -0.05) is 24.3 Å². The number of benzene rings is 2. The van der Waals surface area contributed by atoms with Crippen molar-refractivity contribution < 1.29 is 13.6 Å². The summed E-state index contributed by atoms with van der Waals surface area (Å²) in [6.07, 6.45) is 1.96. The molecule has 156 valence electrons. The van der Waals surface area contributed by atoms with Crippen LogP contribution in [0.4, 0.5) is 8.78 Å². The van der Waals surface area contributed by atoms with Crippen molar-refractivity contribution in [3.05, 3.63) is 71.3 Å². The van der Waals surface area contributed by atoms with Crippen LogP contribution in [0.15, 0.2) is 48.5 Å². The second-order valence-corrected chi connectivity index (χ2v) is 7.52. The Morgan fingerprint density at radius 3 is 1.86 bits per heavy atom. The third kappa shape index (κ3) is 4.94. The monoisotopic (exact) mass is 421 g/mol. The second-order valence-electron chi connectivity index (χ2n) is 7.52. The summed E-state index contributed by atoms with van der Waals surface area (Å²) in [7, 11) is 0. The minimum absolute atomic E-state index is 0. The number of hydrogen-bond acceptors (Lipinski definition) is 3. The molecule has 29 heavy (non-hydrogen) atoms. The highest BCUT2D eigenvalue weighted by Crippen LogP contribution is 2.30. The summed E-state index contributed by atoms with van der Waals surface area (Å²) in [5.41, 5.74) is 1.93.